The first-order chi connectivity index (χ1) is 36.6. The van der Waals surface area contributed by atoms with E-state index in [0.717, 1.165) is 64.7 Å². The third-order valence-electron chi connectivity index (χ3n) is 14.8. The lowest BCUT2D eigenvalue weighted by Gasteiger charge is -2.53. The molecule has 0 unspecified atom stereocenters. The minimum atomic E-state index is -3.81. The fourth-order valence-corrected chi connectivity index (χ4v) is 28.4. The molecule has 3 heterocycles. The Balaban J connectivity index is 0.963. The van der Waals surface area contributed by atoms with Crippen molar-refractivity contribution in [3.05, 3.63) is 291 Å². The predicted molar refractivity (Wildman–Crippen MR) is 311 cm³/mol. The highest BCUT2D eigenvalue weighted by molar-refractivity contribution is 7.16. The Hall–Kier alpha value is -8.45. The predicted octanol–water partition coefficient (Wildman–Crippen LogP) is 11.7. The molecule has 0 radical (unpaired) electrons. The molecule has 0 atom stereocenters. The summed E-state index contributed by atoms with van der Waals surface area (Å²) in [7, 11) is -11.2. The van der Waals surface area contributed by atoms with Crippen LogP contribution < -0.4 is 31.1 Å². The van der Waals surface area contributed by atoms with Crippen LogP contribution in [0.5, 0.6) is 0 Å². The Kier molecular flexibility index (Phi) is 10.7. The summed E-state index contributed by atoms with van der Waals surface area (Å²) < 4.78 is 29.3. The number of benzene rings is 11. The van der Waals surface area contributed by atoms with Crippen molar-refractivity contribution in [2.45, 2.75) is 0 Å². The summed E-state index contributed by atoms with van der Waals surface area (Å²) in [5.74, 6) is 0. The summed E-state index contributed by atoms with van der Waals surface area (Å²) in [5, 5.41) is 11.1. The zero-order valence-electron chi connectivity index (χ0n) is 40.3. The quantitative estimate of drug-likeness (QED) is 0.135. The maximum Gasteiger partial charge on any atom is 0.390 e. The van der Waals surface area contributed by atoms with Crippen LogP contribution in [-0.2, 0) is 12.3 Å². The molecule has 0 amide bonds. The molecule has 8 heteroatoms. The molecule has 0 saturated carbocycles. The van der Waals surface area contributed by atoms with Crippen LogP contribution in [0.2, 0.25) is 0 Å². The Morgan fingerprint density at radius 3 is 0.959 bits per heavy atom. The van der Waals surface area contributed by atoms with Gasteiger partial charge in [0.15, 0.2) is 0 Å². The van der Waals surface area contributed by atoms with E-state index in [1.165, 1.54) is 32.6 Å². The third kappa shape index (κ3) is 7.07. The number of rotatable bonds is 9. The van der Waals surface area contributed by atoms with Crippen LogP contribution in [0, 0.1) is 0 Å². The van der Waals surface area contributed by atoms with Gasteiger partial charge in [0.2, 0.25) is 0 Å². The Bertz CT molecular complexity index is 3960. The smallest absolute Gasteiger partial charge is 0.390 e. The van der Waals surface area contributed by atoms with E-state index in [-0.39, 0.29) is 0 Å². The Morgan fingerprint density at radius 2 is 0.527 bits per heavy atom. The van der Waals surface area contributed by atoms with E-state index in [2.05, 4.69) is 300 Å². The maximum atomic E-state index is 8.22. The van der Waals surface area contributed by atoms with Gasteiger partial charge in [-0.1, -0.05) is 243 Å². The van der Waals surface area contributed by atoms with Crippen LogP contribution in [0.1, 0.15) is 0 Å². The highest BCUT2D eigenvalue weighted by Gasteiger charge is 2.67. The molecular weight excluding hydrogens is 953 g/mol. The molecule has 2 aromatic heterocycles. The third-order valence-corrected chi connectivity index (χ3v) is 28.2. The molecule has 0 bridgehead atoms. The first kappa shape index (κ1) is 44.3. The van der Waals surface area contributed by atoms with Crippen molar-refractivity contribution in [1.29, 1.82) is 0 Å². The van der Waals surface area contributed by atoms with E-state index in [4.69, 9.17) is 12.3 Å². The SMILES string of the molecule is c1ccc([Si]2(c3ccccc3)O[Si](c3ccccc3)(c3ccccc3)O[Si](c3ccccc3)(c3cccc(-c4cccc(-n5c6ccccc6c6cc(-n7c8ccccc8c8ccccc87)ccc65)c4)c3)O2)cc1. The second-order valence-electron chi connectivity index (χ2n) is 19.0. The summed E-state index contributed by atoms with van der Waals surface area (Å²) in [6.45, 7) is 0. The van der Waals surface area contributed by atoms with E-state index in [1.54, 1.807) is 0 Å². The van der Waals surface area contributed by atoms with Crippen molar-refractivity contribution < 1.29 is 12.3 Å². The second-order valence-corrected chi connectivity index (χ2v) is 28.7. The van der Waals surface area contributed by atoms with Crippen molar-refractivity contribution in [3.8, 4) is 22.5 Å². The molecular formula is C66H48N2O3Si3. The van der Waals surface area contributed by atoms with Gasteiger partial charge in [0.25, 0.3) is 0 Å². The molecule has 1 aliphatic rings. The maximum absolute atomic E-state index is 8.22. The van der Waals surface area contributed by atoms with Crippen LogP contribution in [0.4, 0.5) is 0 Å². The summed E-state index contributed by atoms with van der Waals surface area (Å²) >= 11 is 0. The highest BCUT2D eigenvalue weighted by Crippen LogP contribution is 2.38. The molecule has 74 heavy (non-hydrogen) atoms. The minimum absolute atomic E-state index is 1.01. The minimum Gasteiger partial charge on any atom is -0.402 e. The largest absolute Gasteiger partial charge is 0.402 e. The molecule has 0 spiro atoms. The molecule has 352 valence electrons. The Labute approximate surface area is 433 Å². The fourth-order valence-electron chi connectivity index (χ4n) is 11.5. The second kappa shape index (κ2) is 17.9. The molecule has 1 fully saturated rings. The number of nitrogens with zero attached hydrogens (tertiary/aromatic N) is 2. The van der Waals surface area contributed by atoms with Crippen LogP contribution in [0.25, 0.3) is 66.1 Å². The van der Waals surface area contributed by atoms with Gasteiger partial charge >= 0.3 is 25.7 Å². The number of hydrogen-bond acceptors (Lipinski definition) is 3. The van der Waals surface area contributed by atoms with Gasteiger partial charge in [-0.2, -0.15) is 0 Å². The van der Waals surface area contributed by atoms with Crippen LogP contribution in [0.15, 0.2) is 291 Å². The van der Waals surface area contributed by atoms with Crippen molar-refractivity contribution in [2.24, 2.45) is 0 Å². The first-order valence-electron chi connectivity index (χ1n) is 25.2. The van der Waals surface area contributed by atoms with Gasteiger partial charge in [0, 0.05) is 32.9 Å². The van der Waals surface area contributed by atoms with E-state index in [0.29, 0.717) is 0 Å². The lowest BCUT2D eigenvalue weighted by atomic mass is 10.1. The van der Waals surface area contributed by atoms with Crippen LogP contribution >= 0.6 is 0 Å². The molecule has 11 aromatic carbocycles. The lowest BCUT2D eigenvalue weighted by molar-refractivity contribution is 0.268. The van der Waals surface area contributed by atoms with E-state index in [1.807, 2.05) is 0 Å². The number of hydrogen-bond donors (Lipinski definition) is 0. The summed E-state index contributed by atoms with van der Waals surface area (Å²) in [6.07, 6.45) is 0. The average Bonchev–Trinajstić information content (AvgIpc) is 4.01. The molecule has 0 aliphatic carbocycles. The van der Waals surface area contributed by atoms with Gasteiger partial charge in [0.1, 0.15) is 0 Å². The van der Waals surface area contributed by atoms with Crippen LogP contribution in [-0.4, -0.2) is 34.8 Å². The molecule has 5 nitrogen and oxygen atoms in total. The molecule has 14 rings (SSSR count). The number of para-hydroxylation sites is 3. The molecule has 1 saturated heterocycles. The van der Waals surface area contributed by atoms with Gasteiger partial charge in [-0.3, -0.25) is 0 Å². The van der Waals surface area contributed by atoms with Gasteiger partial charge in [-0.25, -0.2) is 0 Å². The summed E-state index contributed by atoms with van der Waals surface area (Å²) in [5.41, 5.74) is 9.06. The van der Waals surface area contributed by atoms with E-state index in [9.17, 15) is 0 Å². The van der Waals surface area contributed by atoms with E-state index >= 15 is 0 Å². The first-order valence-corrected chi connectivity index (χ1v) is 30.7. The number of fused-ring (bicyclic) bond motifs is 6. The number of aromatic nitrogens is 2. The monoisotopic (exact) mass is 1000 g/mol. The van der Waals surface area contributed by atoms with Crippen molar-refractivity contribution in [2.75, 3.05) is 0 Å². The molecule has 13 aromatic rings. The normalized spacial score (nSPS) is 14.9. The zero-order chi connectivity index (χ0) is 49.1. The lowest BCUT2D eigenvalue weighted by Crippen LogP contribution is -2.88. The van der Waals surface area contributed by atoms with Gasteiger partial charge < -0.3 is 21.5 Å². The van der Waals surface area contributed by atoms with Gasteiger partial charge in [-0.05, 0) is 90.8 Å². The highest BCUT2D eigenvalue weighted by atomic mass is 28.5. The zero-order valence-corrected chi connectivity index (χ0v) is 43.3. The van der Waals surface area contributed by atoms with Crippen molar-refractivity contribution >= 4 is 100 Å². The molecule has 1 aliphatic heterocycles. The van der Waals surface area contributed by atoms with Gasteiger partial charge in [0.05, 0.1) is 22.1 Å². The van der Waals surface area contributed by atoms with Gasteiger partial charge in [-0.15, -0.1) is 0 Å². The fraction of sp³-hybridized carbons (Fsp3) is 0. The van der Waals surface area contributed by atoms with Crippen molar-refractivity contribution in [3.63, 3.8) is 0 Å². The summed E-state index contributed by atoms with van der Waals surface area (Å²) in [4.78, 5) is 0. The standard InChI is InChI=1S/C66H48N2O3Si3/c1-6-27-53(28-7-1)72(54-29-8-2-9-30-54)69-73(55-31-10-3-11-32-55,56-33-12-4-13-34-56)71-74(70-72,57-35-14-5-15-36-57)58-37-23-25-50(47-58)49-24-22-26-51(46-49)67-65-43-21-18-40-61(65)62-48-52(44-45-66(62)67)68-63-41-19-16-38-59(63)60-39-17-20-42-64(60)68/h1-48H. The summed E-state index contributed by atoms with van der Waals surface area (Å²) in [6, 6.07) is 104. The van der Waals surface area contributed by atoms with E-state index < -0.39 is 25.7 Å². The Morgan fingerprint density at radius 1 is 0.216 bits per heavy atom. The van der Waals surface area contributed by atoms with Crippen molar-refractivity contribution in [1.82, 2.24) is 9.13 Å². The average molecular weight is 1000 g/mol. The topological polar surface area (TPSA) is 37.5 Å². The molecule has 0 N–H and O–H groups in total. The van der Waals surface area contributed by atoms with Crippen LogP contribution in [0.3, 0.4) is 0 Å².